The molecule has 1 aliphatic heterocycles. The van der Waals surface area contributed by atoms with Crippen LogP contribution >= 0.6 is 11.8 Å². The zero-order valence-corrected chi connectivity index (χ0v) is 12.3. The van der Waals surface area contributed by atoms with Gasteiger partial charge in [-0.2, -0.15) is 11.8 Å². The molecule has 1 saturated heterocycles. The van der Waals surface area contributed by atoms with Gasteiger partial charge in [-0.05, 0) is 38.0 Å². The standard InChI is InChI=1S/C15H31NS/c16-13-9-6-4-2-1-3-5-7-11-15-12-8-10-14-17-15/h15H,1-14,16H2. The van der Waals surface area contributed by atoms with Gasteiger partial charge in [0, 0.05) is 5.25 Å². The second-order valence-electron chi connectivity index (χ2n) is 5.39. The summed E-state index contributed by atoms with van der Waals surface area (Å²) in [6.07, 6.45) is 17.2. The predicted octanol–water partition coefficient (Wildman–Crippen LogP) is 4.74. The van der Waals surface area contributed by atoms with Crippen LogP contribution in [0.15, 0.2) is 0 Å². The fourth-order valence-electron chi connectivity index (χ4n) is 2.61. The number of thioether (sulfide) groups is 1. The van der Waals surface area contributed by atoms with Crippen molar-refractivity contribution < 1.29 is 0 Å². The van der Waals surface area contributed by atoms with E-state index in [1.807, 2.05) is 0 Å². The normalized spacial score (nSPS) is 20.6. The molecule has 0 radical (unpaired) electrons. The first kappa shape index (κ1) is 15.4. The van der Waals surface area contributed by atoms with Gasteiger partial charge in [-0.3, -0.25) is 0 Å². The maximum absolute atomic E-state index is 5.48. The Kier molecular flexibility index (Phi) is 10.3. The minimum absolute atomic E-state index is 0.874. The molecule has 1 nitrogen and oxygen atoms in total. The van der Waals surface area contributed by atoms with E-state index in [4.69, 9.17) is 5.73 Å². The Morgan fingerprint density at radius 3 is 2.06 bits per heavy atom. The summed E-state index contributed by atoms with van der Waals surface area (Å²) in [6.45, 7) is 0.874. The van der Waals surface area contributed by atoms with Crippen LogP contribution in [-0.2, 0) is 0 Å². The first-order valence-electron chi connectivity index (χ1n) is 7.75. The zero-order chi connectivity index (χ0) is 12.2. The van der Waals surface area contributed by atoms with Crippen molar-refractivity contribution in [3.8, 4) is 0 Å². The molecule has 0 spiro atoms. The van der Waals surface area contributed by atoms with Crippen molar-refractivity contribution >= 4 is 11.8 Å². The van der Waals surface area contributed by atoms with E-state index in [2.05, 4.69) is 11.8 Å². The second kappa shape index (κ2) is 11.4. The van der Waals surface area contributed by atoms with Gasteiger partial charge in [-0.1, -0.05) is 51.4 Å². The maximum Gasteiger partial charge on any atom is 0.00470 e. The minimum Gasteiger partial charge on any atom is -0.330 e. The first-order valence-corrected chi connectivity index (χ1v) is 8.80. The molecular weight excluding hydrogens is 226 g/mol. The average molecular weight is 257 g/mol. The third kappa shape index (κ3) is 8.96. The van der Waals surface area contributed by atoms with Gasteiger partial charge >= 0.3 is 0 Å². The van der Waals surface area contributed by atoms with E-state index >= 15 is 0 Å². The molecule has 0 aromatic carbocycles. The zero-order valence-electron chi connectivity index (χ0n) is 11.5. The highest BCUT2D eigenvalue weighted by Gasteiger charge is 2.12. The van der Waals surface area contributed by atoms with Crippen LogP contribution in [-0.4, -0.2) is 17.5 Å². The summed E-state index contributed by atoms with van der Waals surface area (Å²) in [5.41, 5.74) is 5.48. The fraction of sp³-hybridized carbons (Fsp3) is 1.00. The Morgan fingerprint density at radius 1 is 0.824 bits per heavy atom. The Bertz CT molecular complexity index is 155. The molecule has 1 atom stereocenters. The van der Waals surface area contributed by atoms with Gasteiger partial charge in [-0.25, -0.2) is 0 Å². The molecule has 0 bridgehead atoms. The SMILES string of the molecule is NCCCCCCCCCCC1CCCCS1. The van der Waals surface area contributed by atoms with Gasteiger partial charge in [0.1, 0.15) is 0 Å². The van der Waals surface area contributed by atoms with E-state index in [9.17, 15) is 0 Å². The summed E-state index contributed by atoms with van der Waals surface area (Å²) < 4.78 is 0. The van der Waals surface area contributed by atoms with Gasteiger partial charge in [0.25, 0.3) is 0 Å². The molecular formula is C15H31NS. The van der Waals surface area contributed by atoms with Crippen LogP contribution < -0.4 is 5.73 Å². The van der Waals surface area contributed by atoms with Gasteiger partial charge in [0.15, 0.2) is 0 Å². The van der Waals surface area contributed by atoms with E-state index in [0.717, 1.165) is 11.8 Å². The van der Waals surface area contributed by atoms with E-state index in [0.29, 0.717) is 0 Å². The Balaban J connectivity index is 1.75. The molecule has 0 aromatic heterocycles. The molecule has 17 heavy (non-hydrogen) atoms. The molecule has 0 saturated carbocycles. The third-order valence-electron chi connectivity index (χ3n) is 3.75. The van der Waals surface area contributed by atoms with Crippen molar-refractivity contribution in [3.63, 3.8) is 0 Å². The summed E-state index contributed by atoms with van der Waals surface area (Å²) in [5.74, 6) is 1.42. The summed E-state index contributed by atoms with van der Waals surface area (Å²) >= 11 is 2.23. The Labute approximate surface area is 112 Å². The van der Waals surface area contributed by atoms with E-state index in [-0.39, 0.29) is 0 Å². The Morgan fingerprint density at radius 2 is 1.47 bits per heavy atom. The first-order chi connectivity index (χ1) is 8.43. The summed E-state index contributed by atoms with van der Waals surface area (Å²) in [7, 11) is 0. The molecule has 1 rings (SSSR count). The smallest absolute Gasteiger partial charge is 0.00470 e. The molecule has 0 aliphatic carbocycles. The van der Waals surface area contributed by atoms with E-state index < -0.39 is 0 Å². The molecule has 2 N–H and O–H groups in total. The van der Waals surface area contributed by atoms with Crippen molar-refractivity contribution in [2.45, 2.75) is 82.3 Å². The number of unbranched alkanes of at least 4 members (excludes halogenated alkanes) is 7. The molecule has 1 aliphatic rings. The van der Waals surface area contributed by atoms with Crippen molar-refractivity contribution in [2.24, 2.45) is 5.73 Å². The molecule has 1 heterocycles. The van der Waals surface area contributed by atoms with Crippen LogP contribution in [0.25, 0.3) is 0 Å². The average Bonchev–Trinajstić information content (AvgIpc) is 2.38. The second-order valence-corrected chi connectivity index (χ2v) is 6.80. The lowest BCUT2D eigenvalue weighted by Crippen LogP contribution is -2.08. The van der Waals surface area contributed by atoms with Crippen molar-refractivity contribution in [3.05, 3.63) is 0 Å². The van der Waals surface area contributed by atoms with Crippen LogP contribution in [0.1, 0.15) is 77.0 Å². The third-order valence-corrected chi connectivity index (χ3v) is 5.22. The Hall–Kier alpha value is 0.310. The van der Waals surface area contributed by atoms with Crippen LogP contribution in [0.3, 0.4) is 0 Å². The number of rotatable bonds is 10. The van der Waals surface area contributed by atoms with Crippen LogP contribution in [0, 0.1) is 0 Å². The highest BCUT2D eigenvalue weighted by molar-refractivity contribution is 7.99. The van der Waals surface area contributed by atoms with Crippen molar-refractivity contribution in [1.82, 2.24) is 0 Å². The van der Waals surface area contributed by atoms with Gasteiger partial charge in [0.05, 0.1) is 0 Å². The van der Waals surface area contributed by atoms with Gasteiger partial charge in [0.2, 0.25) is 0 Å². The van der Waals surface area contributed by atoms with Crippen LogP contribution in [0.2, 0.25) is 0 Å². The summed E-state index contributed by atoms with van der Waals surface area (Å²) in [6, 6.07) is 0. The molecule has 1 unspecified atom stereocenters. The van der Waals surface area contributed by atoms with Gasteiger partial charge < -0.3 is 5.73 Å². The van der Waals surface area contributed by atoms with E-state index in [1.54, 1.807) is 0 Å². The largest absolute Gasteiger partial charge is 0.330 e. The quantitative estimate of drug-likeness (QED) is 0.572. The number of hydrogen-bond donors (Lipinski definition) is 1. The lowest BCUT2D eigenvalue weighted by Gasteiger charge is -2.20. The lowest BCUT2D eigenvalue weighted by atomic mass is 10.0. The number of nitrogens with two attached hydrogens (primary N) is 1. The van der Waals surface area contributed by atoms with Crippen LogP contribution in [0.4, 0.5) is 0 Å². The molecule has 1 fully saturated rings. The predicted molar refractivity (Wildman–Crippen MR) is 80.7 cm³/mol. The topological polar surface area (TPSA) is 26.0 Å². The highest BCUT2D eigenvalue weighted by atomic mass is 32.2. The molecule has 102 valence electrons. The summed E-state index contributed by atoms with van der Waals surface area (Å²) in [4.78, 5) is 0. The monoisotopic (exact) mass is 257 g/mol. The minimum atomic E-state index is 0.874. The number of hydrogen-bond acceptors (Lipinski definition) is 2. The van der Waals surface area contributed by atoms with Crippen LogP contribution in [0.5, 0.6) is 0 Å². The van der Waals surface area contributed by atoms with Crippen molar-refractivity contribution in [1.29, 1.82) is 0 Å². The highest BCUT2D eigenvalue weighted by Crippen LogP contribution is 2.29. The fourth-order valence-corrected chi connectivity index (χ4v) is 3.98. The van der Waals surface area contributed by atoms with Gasteiger partial charge in [-0.15, -0.1) is 0 Å². The molecule has 0 aromatic rings. The van der Waals surface area contributed by atoms with Crippen molar-refractivity contribution in [2.75, 3.05) is 12.3 Å². The lowest BCUT2D eigenvalue weighted by molar-refractivity contribution is 0.541. The van der Waals surface area contributed by atoms with E-state index in [1.165, 1.54) is 82.8 Å². The molecule has 2 heteroatoms. The maximum atomic E-state index is 5.48. The summed E-state index contributed by atoms with van der Waals surface area (Å²) in [5, 5.41) is 1.01. The molecule has 0 amide bonds.